The van der Waals surface area contributed by atoms with Crippen molar-refractivity contribution in [1.82, 2.24) is 4.98 Å². The first kappa shape index (κ1) is 19.8. The number of benzene rings is 5. The molecule has 2 heterocycles. The quantitative estimate of drug-likeness (QED) is 0.227. The lowest BCUT2D eigenvalue weighted by Gasteiger charge is -2.34. The van der Waals surface area contributed by atoms with E-state index in [2.05, 4.69) is 128 Å². The number of anilines is 3. The standard InChI is InChI=1S/C34H24N2/c1-34(2)25-15-6-3-12-23(25)31-26(34)16-10-20-29(31)36-28-18-8-5-13-24(28)33-32-22(14-9-19-30(32)36)21-11-4-7-17-27(21)35-33/h3-20H,1-2H3. The predicted octanol–water partition coefficient (Wildman–Crippen LogP) is 9.14. The van der Waals surface area contributed by atoms with Gasteiger partial charge in [-0.2, -0.15) is 0 Å². The van der Waals surface area contributed by atoms with E-state index in [1.54, 1.807) is 0 Å². The summed E-state index contributed by atoms with van der Waals surface area (Å²) >= 11 is 0. The Morgan fingerprint density at radius 3 is 2.11 bits per heavy atom. The van der Waals surface area contributed by atoms with Gasteiger partial charge in [-0.1, -0.05) is 98.8 Å². The monoisotopic (exact) mass is 460 g/mol. The first-order chi connectivity index (χ1) is 17.6. The molecule has 0 saturated carbocycles. The predicted molar refractivity (Wildman–Crippen MR) is 150 cm³/mol. The fourth-order valence-corrected chi connectivity index (χ4v) is 6.55. The van der Waals surface area contributed by atoms with Gasteiger partial charge in [0.15, 0.2) is 0 Å². The molecule has 0 unspecified atom stereocenters. The summed E-state index contributed by atoms with van der Waals surface area (Å²) in [5.41, 5.74) is 12.3. The van der Waals surface area contributed by atoms with Crippen molar-refractivity contribution < 1.29 is 0 Å². The van der Waals surface area contributed by atoms with E-state index in [-0.39, 0.29) is 5.41 Å². The molecular weight excluding hydrogens is 436 g/mol. The minimum Gasteiger partial charge on any atom is -0.308 e. The molecule has 5 aromatic carbocycles. The number of hydrogen-bond donors (Lipinski definition) is 0. The van der Waals surface area contributed by atoms with Crippen LogP contribution in [0.5, 0.6) is 0 Å². The fraction of sp³-hybridized carbons (Fsp3) is 0.0882. The van der Waals surface area contributed by atoms with Crippen LogP contribution in [0.1, 0.15) is 25.0 Å². The van der Waals surface area contributed by atoms with Gasteiger partial charge in [-0.25, -0.2) is 4.98 Å². The first-order valence-electron chi connectivity index (χ1n) is 12.6. The highest BCUT2D eigenvalue weighted by Crippen LogP contribution is 2.57. The van der Waals surface area contributed by atoms with Crippen LogP contribution in [0.2, 0.25) is 0 Å². The summed E-state index contributed by atoms with van der Waals surface area (Å²) in [7, 11) is 0. The van der Waals surface area contributed by atoms with Crippen LogP contribution < -0.4 is 4.90 Å². The van der Waals surface area contributed by atoms with Crippen molar-refractivity contribution in [2.24, 2.45) is 0 Å². The summed E-state index contributed by atoms with van der Waals surface area (Å²) in [5.74, 6) is 0. The number of fused-ring (bicyclic) bond motifs is 7. The number of hydrogen-bond acceptors (Lipinski definition) is 2. The Kier molecular flexibility index (Phi) is 3.76. The zero-order valence-electron chi connectivity index (χ0n) is 20.3. The molecule has 0 atom stereocenters. The average Bonchev–Trinajstić information content (AvgIpc) is 3.16. The molecule has 8 rings (SSSR count). The number of rotatable bonds is 1. The lowest BCUT2D eigenvalue weighted by molar-refractivity contribution is 0.660. The van der Waals surface area contributed by atoms with Gasteiger partial charge in [-0.05, 0) is 46.3 Å². The van der Waals surface area contributed by atoms with Crippen LogP contribution in [0.15, 0.2) is 109 Å². The third-order valence-electron chi connectivity index (χ3n) is 8.17. The molecule has 2 heteroatoms. The second-order valence-corrected chi connectivity index (χ2v) is 10.4. The summed E-state index contributed by atoms with van der Waals surface area (Å²) < 4.78 is 0. The molecule has 0 bridgehead atoms. The second kappa shape index (κ2) is 6.83. The van der Waals surface area contributed by atoms with Crippen LogP contribution in [-0.4, -0.2) is 4.98 Å². The van der Waals surface area contributed by atoms with Crippen LogP contribution in [0.4, 0.5) is 17.1 Å². The molecule has 6 aromatic rings. The molecule has 2 aliphatic rings. The number of aromatic nitrogens is 1. The van der Waals surface area contributed by atoms with Gasteiger partial charge < -0.3 is 4.90 Å². The van der Waals surface area contributed by atoms with Crippen LogP contribution in [-0.2, 0) is 5.41 Å². The molecule has 36 heavy (non-hydrogen) atoms. The lowest BCUT2D eigenvalue weighted by Crippen LogP contribution is -2.18. The molecular formula is C34H24N2. The average molecular weight is 461 g/mol. The van der Waals surface area contributed by atoms with E-state index in [0.29, 0.717) is 0 Å². The van der Waals surface area contributed by atoms with Gasteiger partial charge in [0.2, 0.25) is 0 Å². The zero-order valence-corrected chi connectivity index (χ0v) is 20.3. The van der Waals surface area contributed by atoms with Gasteiger partial charge in [0, 0.05) is 27.3 Å². The van der Waals surface area contributed by atoms with Gasteiger partial charge in [0.25, 0.3) is 0 Å². The summed E-state index contributed by atoms with van der Waals surface area (Å²) in [6.45, 7) is 4.69. The Morgan fingerprint density at radius 1 is 0.556 bits per heavy atom. The molecule has 0 radical (unpaired) electrons. The maximum absolute atomic E-state index is 5.21. The summed E-state index contributed by atoms with van der Waals surface area (Å²) in [4.78, 5) is 7.68. The second-order valence-electron chi connectivity index (χ2n) is 10.4. The minimum absolute atomic E-state index is 0.0427. The van der Waals surface area contributed by atoms with Crippen LogP contribution >= 0.6 is 0 Å². The lowest BCUT2D eigenvalue weighted by atomic mass is 9.82. The van der Waals surface area contributed by atoms with Crippen LogP contribution in [0.3, 0.4) is 0 Å². The third kappa shape index (κ3) is 2.39. The highest BCUT2D eigenvalue weighted by molar-refractivity contribution is 6.20. The number of para-hydroxylation sites is 2. The normalized spacial score (nSPS) is 14.6. The minimum atomic E-state index is -0.0427. The van der Waals surface area contributed by atoms with E-state index in [4.69, 9.17) is 4.98 Å². The smallest absolute Gasteiger partial charge is 0.0830 e. The summed E-state index contributed by atoms with van der Waals surface area (Å²) in [6.07, 6.45) is 0. The van der Waals surface area contributed by atoms with Crippen molar-refractivity contribution in [3.05, 3.63) is 120 Å². The Morgan fingerprint density at radius 2 is 1.19 bits per heavy atom. The maximum atomic E-state index is 5.21. The summed E-state index contributed by atoms with van der Waals surface area (Å²) in [6, 6.07) is 39.6. The maximum Gasteiger partial charge on any atom is 0.0830 e. The van der Waals surface area contributed by atoms with Gasteiger partial charge in [0.1, 0.15) is 0 Å². The van der Waals surface area contributed by atoms with E-state index in [1.807, 2.05) is 0 Å². The third-order valence-corrected chi connectivity index (χ3v) is 8.17. The van der Waals surface area contributed by atoms with Crippen molar-refractivity contribution in [2.75, 3.05) is 4.90 Å². The fourth-order valence-electron chi connectivity index (χ4n) is 6.55. The molecule has 0 fully saturated rings. The molecule has 0 spiro atoms. The molecule has 1 aromatic heterocycles. The van der Waals surface area contributed by atoms with Crippen molar-refractivity contribution in [3.63, 3.8) is 0 Å². The molecule has 170 valence electrons. The SMILES string of the molecule is CC1(C)c2ccccc2-c2c(N3c4ccccc4-c4nc5ccccc5c5cccc3c45)cccc21. The highest BCUT2D eigenvalue weighted by atomic mass is 15.2. The van der Waals surface area contributed by atoms with Gasteiger partial charge >= 0.3 is 0 Å². The van der Waals surface area contributed by atoms with E-state index in [0.717, 1.165) is 11.2 Å². The largest absolute Gasteiger partial charge is 0.308 e. The van der Waals surface area contributed by atoms with Crippen molar-refractivity contribution in [2.45, 2.75) is 19.3 Å². The van der Waals surface area contributed by atoms with E-state index in [9.17, 15) is 0 Å². The van der Waals surface area contributed by atoms with Gasteiger partial charge in [-0.3, -0.25) is 0 Å². The molecule has 0 amide bonds. The zero-order chi connectivity index (χ0) is 24.0. The first-order valence-corrected chi connectivity index (χ1v) is 12.6. The Balaban J connectivity index is 1.53. The Bertz CT molecular complexity index is 1880. The van der Waals surface area contributed by atoms with E-state index >= 15 is 0 Å². The molecule has 2 nitrogen and oxygen atoms in total. The topological polar surface area (TPSA) is 16.1 Å². The Hall–Kier alpha value is -4.43. The van der Waals surface area contributed by atoms with Crippen LogP contribution in [0, 0.1) is 0 Å². The summed E-state index contributed by atoms with van der Waals surface area (Å²) in [5, 5.41) is 3.67. The van der Waals surface area contributed by atoms with E-state index in [1.165, 1.54) is 61.0 Å². The molecule has 0 saturated heterocycles. The molecule has 1 aliphatic carbocycles. The number of nitrogens with zero attached hydrogens (tertiary/aromatic N) is 2. The molecule has 0 N–H and O–H groups in total. The van der Waals surface area contributed by atoms with Crippen molar-refractivity contribution in [3.8, 4) is 22.4 Å². The van der Waals surface area contributed by atoms with Gasteiger partial charge in [0.05, 0.1) is 28.3 Å². The van der Waals surface area contributed by atoms with Gasteiger partial charge in [-0.15, -0.1) is 0 Å². The van der Waals surface area contributed by atoms with Crippen molar-refractivity contribution >= 4 is 38.7 Å². The Labute approximate surface area is 210 Å². The van der Waals surface area contributed by atoms with Crippen LogP contribution in [0.25, 0.3) is 44.1 Å². The highest BCUT2D eigenvalue weighted by Gasteiger charge is 2.38. The molecule has 1 aliphatic heterocycles. The number of pyridine rings is 1. The van der Waals surface area contributed by atoms with Crippen molar-refractivity contribution in [1.29, 1.82) is 0 Å². The van der Waals surface area contributed by atoms with E-state index < -0.39 is 0 Å².